The third-order valence-electron chi connectivity index (χ3n) is 8.37. The maximum atomic E-state index is 14.9. The van der Waals surface area contributed by atoms with Crippen LogP contribution in [0.5, 0.6) is 5.75 Å². The van der Waals surface area contributed by atoms with Crippen LogP contribution in [0.4, 0.5) is 17.6 Å². The van der Waals surface area contributed by atoms with Crippen LogP contribution in [-0.2, 0) is 6.42 Å². The molecular weight excluding hydrogens is 476 g/mol. The molecule has 0 N–H and O–H groups in total. The van der Waals surface area contributed by atoms with E-state index in [0.29, 0.717) is 41.6 Å². The third-order valence-corrected chi connectivity index (χ3v) is 8.37. The lowest BCUT2D eigenvalue weighted by Crippen LogP contribution is -2.16. The van der Waals surface area contributed by atoms with Gasteiger partial charge in [-0.1, -0.05) is 51.0 Å². The first-order valence-electron chi connectivity index (χ1n) is 14.2. The van der Waals surface area contributed by atoms with Crippen molar-refractivity contribution in [3.63, 3.8) is 0 Å². The molecule has 202 valence electrons. The van der Waals surface area contributed by atoms with Crippen LogP contribution in [0.25, 0.3) is 5.57 Å². The Bertz CT molecular complexity index is 1080. The van der Waals surface area contributed by atoms with Crippen LogP contribution >= 0.6 is 0 Å². The van der Waals surface area contributed by atoms with Crippen LogP contribution in [0, 0.1) is 35.1 Å². The zero-order chi connectivity index (χ0) is 26.4. The summed E-state index contributed by atoms with van der Waals surface area (Å²) in [4.78, 5) is 0. The quantitative estimate of drug-likeness (QED) is 0.225. The molecule has 2 aromatic rings. The second kappa shape index (κ2) is 13.0. The highest BCUT2D eigenvalue weighted by Gasteiger charge is 2.27. The highest BCUT2D eigenvalue weighted by Crippen LogP contribution is 2.40. The third kappa shape index (κ3) is 6.78. The van der Waals surface area contributed by atoms with Crippen molar-refractivity contribution in [2.45, 2.75) is 96.8 Å². The molecule has 2 aliphatic carbocycles. The van der Waals surface area contributed by atoms with Gasteiger partial charge < -0.3 is 4.74 Å². The molecule has 5 heteroatoms. The Balaban J connectivity index is 1.30. The lowest BCUT2D eigenvalue weighted by Gasteiger charge is -2.29. The van der Waals surface area contributed by atoms with Crippen LogP contribution < -0.4 is 4.74 Å². The van der Waals surface area contributed by atoms with Crippen molar-refractivity contribution in [1.29, 1.82) is 0 Å². The molecule has 37 heavy (non-hydrogen) atoms. The number of rotatable bonds is 10. The molecule has 1 atom stereocenters. The molecule has 0 saturated heterocycles. The van der Waals surface area contributed by atoms with Gasteiger partial charge in [-0.05, 0) is 105 Å². The minimum atomic E-state index is -0.893. The Hall–Kier alpha value is -2.30. The van der Waals surface area contributed by atoms with E-state index in [1.807, 2.05) is 6.08 Å². The molecule has 0 bridgehead atoms. The SMILES string of the molecule is CCCCCOc1ccc(C2CCC(CCc3ccc(C4=CCC(C)CC4)c(F)c3F)CC2)c(F)c1F. The van der Waals surface area contributed by atoms with Crippen LogP contribution in [0.1, 0.15) is 107 Å². The van der Waals surface area contributed by atoms with Crippen LogP contribution in [-0.4, -0.2) is 6.61 Å². The molecule has 0 spiro atoms. The summed E-state index contributed by atoms with van der Waals surface area (Å²) in [6.07, 6.45) is 12.1. The Labute approximate surface area is 219 Å². The minimum absolute atomic E-state index is 0.0133. The van der Waals surface area contributed by atoms with Gasteiger partial charge in [-0.3, -0.25) is 0 Å². The van der Waals surface area contributed by atoms with E-state index in [4.69, 9.17) is 4.74 Å². The number of hydrogen-bond acceptors (Lipinski definition) is 1. The van der Waals surface area contributed by atoms with Crippen molar-refractivity contribution in [2.75, 3.05) is 6.61 Å². The summed E-state index contributed by atoms with van der Waals surface area (Å²) in [6.45, 7) is 4.64. The van der Waals surface area contributed by atoms with Crippen LogP contribution in [0.2, 0.25) is 0 Å². The highest BCUT2D eigenvalue weighted by molar-refractivity contribution is 5.67. The van der Waals surface area contributed by atoms with Gasteiger partial charge in [-0.15, -0.1) is 0 Å². The molecule has 1 nitrogen and oxygen atoms in total. The lowest BCUT2D eigenvalue weighted by atomic mass is 9.76. The van der Waals surface area contributed by atoms with Gasteiger partial charge in [0.2, 0.25) is 5.82 Å². The summed E-state index contributed by atoms with van der Waals surface area (Å²) in [5.41, 5.74) is 2.17. The fraction of sp³-hybridized carbons (Fsp3) is 0.562. The standard InChI is InChI=1S/C32H40F4O/c1-3-4-5-20-37-28-19-18-27(31(35)32(28)36)24-13-8-22(9-14-24)10-15-25-16-17-26(30(34)29(25)33)23-11-6-21(2)7-12-23/h11,16-19,21-22,24H,3-10,12-15,20H2,1-2H3. The van der Waals surface area contributed by atoms with E-state index in [1.165, 1.54) is 0 Å². The average molecular weight is 517 g/mol. The summed E-state index contributed by atoms with van der Waals surface area (Å²) >= 11 is 0. The van der Waals surface area contributed by atoms with Gasteiger partial charge in [0.1, 0.15) is 0 Å². The second-order valence-corrected chi connectivity index (χ2v) is 11.1. The topological polar surface area (TPSA) is 9.23 Å². The van der Waals surface area contributed by atoms with E-state index in [0.717, 1.165) is 76.2 Å². The predicted molar refractivity (Wildman–Crippen MR) is 142 cm³/mol. The Morgan fingerprint density at radius 3 is 2.32 bits per heavy atom. The molecule has 2 aliphatic rings. The predicted octanol–water partition coefficient (Wildman–Crippen LogP) is 9.92. The fourth-order valence-electron chi connectivity index (χ4n) is 5.87. The van der Waals surface area contributed by atoms with Crippen molar-refractivity contribution < 1.29 is 22.3 Å². The normalized spacial score (nSPS) is 22.1. The van der Waals surface area contributed by atoms with Crippen molar-refractivity contribution in [1.82, 2.24) is 0 Å². The molecule has 0 radical (unpaired) electrons. The first kappa shape index (κ1) is 27.7. The Morgan fingerprint density at radius 2 is 1.62 bits per heavy atom. The summed E-state index contributed by atoms with van der Waals surface area (Å²) in [6, 6.07) is 6.70. The average Bonchev–Trinajstić information content (AvgIpc) is 2.91. The summed E-state index contributed by atoms with van der Waals surface area (Å²) < 4.78 is 64.6. The molecule has 0 heterocycles. The van der Waals surface area contributed by atoms with E-state index < -0.39 is 23.3 Å². The van der Waals surface area contributed by atoms with Gasteiger partial charge in [0.15, 0.2) is 23.2 Å². The first-order chi connectivity index (χ1) is 17.9. The van der Waals surface area contributed by atoms with E-state index in [1.54, 1.807) is 24.3 Å². The summed E-state index contributed by atoms with van der Waals surface area (Å²) in [5, 5.41) is 0. The summed E-state index contributed by atoms with van der Waals surface area (Å²) in [5.74, 6) is -2.21. The van der Waals surface area contributed by atoms with Crippen molar-refractivity contribution >= 4 is 5.57 Å². The molecule has 1 unspecified atom stereocenters. The number of allylic oxidation sites excluding steroid dienone is 2. The van der Waals surface area contributed by atoms with Gasteiger partial charge >= 0.3 is 0 Å². The molecule has 0 aliphatic heterocycles. The maximum absolute atomic E-state index is 14.9. The van der Waals surface area contributed by atoms with E-state index in [9.17, 15) is 17.6 Å². The van der Waals surface area contributed by atoms with Crippen molar-refractivity contribution in [3.05, 3.63) is 70.3 Å². The zero-order valence-electron chi connectivity index (χ0n) is 22.2. The van der Waals surface area contributed by atoms with E-state index >= 15 is 0 Å². The number of hydrogen-bond donors (Lipinski definition) is 0. The highest BCUT2D eigenvalue weighted by atomic mass is 19.2. The number of aryl methyl sites for hydroxylation is 1. The fourth-order valence-corrected chi connectivity index (χ4v) is 5.87. The number of benzene rings is 2. The molecule has 0 amide bonds. The van der Waals surface area contributed by atoms with E-state index in [2.05, 4.69) is 13.8 Å². The molecule has 2 aromatic carbocycles. The Kier molecular flexibility index (Phi) is 9.72. The minimum Gasteiger partial charge on any atom is -0.490 e. The monoisotopic (exact) mass is 516 g/mol. The largest absolute Gasteiger partial charge is 0.490 e. The van der Waals surface area contributed by atoms with Gasteiger partial charge in [0, 0.05) is 5.56 Å². The van der Waals surface area contributed by atoms with E-state index in [-0.39, 0.29) is 11.7 Å². The summed E-state index contributed by atoms with van der Waals surface area (Å²) in [7, 11) is 0. The number of ether oxygens (including phenoxy) is 1. The lowest BCUT2D eigenvalue weighted by molar-refractivity contribution is 0.281. The van der Waals surface area contributed by atoms with Crippen LogP contribution in [0.3, 0.4) is 0 Å². The van der Waals surface area contributed by atoms with Crippen LogP contribution in [0.15, 0.2) is 30.3 Å². The van der Waals surface area contributed by atoms with Crippen molar-refractivity contribution in [3.8, 4) is 5.75 Å². The first-order valence-corrected chi connectivity index (χ1v) is 14.2. The molecule has 1 saturated carbocycles. The molecule has 4 rings (SSSR count). The molecular formula is C32H40F4O. The molecule has 0 aromatic heterocycles. The number of halogens is 4. The smallest absolute Gasteiger partial charge is 0.200 e. The molecule has 1 fully saturated rings. The van der Waals surface area contributed by atoms with Gasteiger partial charge in [-0.2, -0.15) is 4.39 Å². The van der Waals surface area contributed by atoms with Crippen molar-refractivity contribution in [2.24, 2.45) is 11.8 Å². The number of unbranched alkanes of at least 4 members (excludes halogenated alkanes) is 2. The van der Waals surface area contributed by atoms with Gasteiger partial charge in [0.05, 0.1) is 6.61 Å². The zero-order valence-corrected chi connectivity index (χ0v) is 22.2. The maximum Gasteiger partial charge on any atom is 0.200 e. The van der Waals surface area contributed by atoms with Gasteiger partial charge in [-0.25, -0.2) is 13.2 Å². The Morgan fingerprint density at radius 1 is 0.838 bits per heavy atom. The van der Waals surface area contributed by atoms with Gasteiger partial charge in [0.25, 0.3) is 0 Å². The second-order valence-electron chi connectivity index (χ2n) is 11.1.